The van der Waals surface area contributed by atoms with Gasteiger partial charge in [-0.3, -0.25) is 0 Å². The highest BCUT2D eigenvalue weighted by molar-refractivity contribution is 5.85. The number of piperidine rings is 1. The summed E-state index contributed by atoms with van der Waals surface area (Å²) in [5.41, 5.74) is 1.22. The third-order valence-corrected chi connectivity index (χ3v) is 3.43. The van der Waals surface area contributed by atoms with E-state index in [4.69, 9.17) is 0 Å². The number of nitrogens with one attached hydrogen (secondary N) is 1. The van der Waals surface area contributed by atoms with Crippen molar-refractivity contribution in [3.8, 4) is 0 Å². The molecule has 0 saturated carbocycles. The van der Waals surface area contributed by atoms with E-state index in [1.165, 1.54) is 18.5 Å². The van der Waals surface area contributed by atoms with E-state index in [9.17, 15) is 5.11 Å². The predicted molar refractivity (Wildman–Crippen MR) is 78.6 cm³/mol. The third-order valence-electron chi connectivity index (χ3n) is 3.43. The average Bonchev–Trinajstić information content (AvgIpc) is 2.40. The molecule has 1 aromatic carbocycles. The van der Waals surface area contributed by atoms with Crippen molar-refractivity contribution in [2.24, 2.45) is 5.92 Å². The summed E-state index contributed by atoms with van der Waals surface area (Å²) in [4.78, 5) is 2.30. The van der Waals surface area contributed by atoms with Crippen molar-refractivity contribution < 1.29 is 5.11 Å². The van der Waals surface area contributed by atoms with E-state index in [-0.39, 0.29) is 19.0 Å². The van der Waals surface area contributed by atoms with E-state index in [0.29, 0.717) is 0 Å². The molecule has 0 unspecified atom stereocenters. The first-order valence-corrected chi connectivity index (χ1v) is 6.51. The van der Waals surface area contributed by atoms with Crippen LogP contribution >= 0.6 is 12.4 Å². The zero-order valence-electron chi connectivity index (χ0n) is 10.7. The van der Waals surface area contributed by atoms with Crippen molar-refractivity contribution in [2.45, 2.75) is 12.8 Å². The van der Waals surface area contributed by atoms with E-state index in [2.05, 4.69) is 34.5 Å². The normalized spacial score (nSPS) is 16.1. The van der Waals surface area contributed by atoms with Gasteiger partial charge in [0.2, 0.25) is 0 Å². The first-order valence-electron chi connectivity index (χ1n) is 6.51. The number of aliphatic hydroxyl groups excluding tert-OH is 1. The molecule has 1 saturated heterocycles. The molecular weight excluding hydrogens is 248 g/mol. The molecule has 18 heavy (non-hydrogen) atoms. The second kappa shape index (κ2) is 8.35. The molecule has 1 aliphatic heterocycles. The van der Waals surface area contributed by atoms with Gasteiger partial charge in [-0.25, -0.2) is 0 Å². The Bertz CT molecular complexity index is 315. The maximum absolute atomic E-state index is 9.17. The lowest BCUT2D eigenvalue weighted by molar-refractivity contribution is 0.294. The van der Waals surface area contributed by atoms with Gasteiger partial charge in [-0.1, -0.05) is 18.2 Å². The van der Waals surface area contributed by atoms with Crippen molar-refractivity contribution in [2.75, 3.05) is 37.7 Å². The summed E-state index contributed by atoms with van der Waals surface area (Å²) in [6.07, 6.45) is 2.49. The standard InChI is InChI=1S/C14H22N2O.ClH/c17-11-10-16(14-4-2-1-3-5-14)12-13-6-8-15-9-7-13;/h1-5,13,15,17H,6-12H2;1H. The Labute approximate surface area is 116 Å². The van der Waals surface area contributed by atoms with Crippen LogP contribution in [-0.4, -0.2) is 37.9 Å². The monoisotopic (exact) mass is 270 g/mol. The summed E-state index contributed by atoms with van der Waals surface area (Å²) in [6, 6.07) is 10.4. The van der Waals surface area contributed by atoms with Crippen LogP contribution in [0.2, 0.25) is 0 Å². The van der Waals surface area contributed by atoms with Crippen molar-refractivity contribution in [1.82, 2.24) is 5.32 Å². The van der Waals surface area contributed by atoms with E-state index in [0.717, 1.165) is 32.1 Å². The van der Waals surface area contributed by atoms with Gasteiger partial charge in [-0.2, -0.15) is 0 Å². The first kappa shape index (κ1) is 15.3. The highest BCUT2D eigenvalue weighted by Crippen LogP contribution is 2.19. The van der Waals surface area contributed by atoms with Gasteiger partial charge >= 0.3 is 0 Å². The summed E-state index contributed by atoms with van der Waals surface area (Å²) < 4.78 is 0. The number of aliphatic hydroxyl groups is 1. The number of rotatable bonds is 5. The Kier molecular flexibility index (Phi) is 7.09. The zero-order chi connectivity index (χ0) is 11.9. The van der Waals surface area contributed by atoms with E-state index < -0.39 is 0 Å². The minimum Gasteiger partial charge on any atom is -0.395 e. The smallest absolute Gasteiger partial charge is 0.0606 e. The lowest BCUT2D eigenvalue weighted by atomic mass is 9.97. The number of para-hydroxylation sites is 1. The summed E-state index contributed by atoms with van der Waals surface area (Å²) in [5, 5.41) is 12.6. The molecule has 2 N–H and O–H groups in total. The maximum atomic E-state index is 9.17. The summed E-state index contributed by atoms with van der Waals surface area (Å²) in [7, 11) is 0. The van der Waals surface area contributed by atoms with Gasteiger partial charge in [-0.05, 0) is 44.0 Å². The fourth-order valence-corrected chi connectivity index (χ4v) is 2.46. The maximum Gasteiger partial charge on any atom is 0.0606 e. The second-order valence-electron chi connectivity index (χ2n) is 4.70. The van der Waals surface area contributed by atoms with Crippen LogP contribution in [0.4, 0.5) is 5.69 Å². The SMILES string of the molecule is Cl.OCCN(CC1CCNCC1)c1ccccc1. The van der Waals surface area contributed by atoms with E-state index in [1.54, 1.807) is 0 Å². The summed E-state index contributed by atoms with van der Waals surface area (Å²) in [6.45, 7) is 4.28. The fraction of sp³-hybridized carbons (Fsp3) is 0.571. The lowest BCUT2D eigenvalue weighted by Crippen LogP contribution is -2.37. The van der Waals surface area contributed by atoms with Crippen LogP contribution < -0.4 is 10.2 Å². The molecular formula is C14H23ClN2O. The quantitative estimate of drug-likeness (QED) is 0.858. The molecule has 2 rings (SSSR count). The molecule has 0 atom stereocenters. The van der Waals surface area contributed by atoms with Gasteiger partial charge in [0, 0.05) is 18.8 Å². The molecule has 3 nitrogen and oxygen atoms in total. The Morgan fingerprint density at radius 3 is 2.44 bits per heavy atom. The van der Waals surface area contributed by atoms with Gasteiger partial charge in [0.05, 0.1) is 6.61 Å². The van der Waals surface area contributed by atoms with Crippen LogP contribution in [0.1, 0.15) is 12.8 Å². The lowest BCUT2D eigenvalue weighted by Gasteiger charge is -2.31. The highest BCUT2D eigenvalue weighted by Gasteiger charge is 2.16. The van der Waals surface area contributed by atoms with Crippen molar-refractivity contribution in [1.29, 1.82) is 0 Å². The van der Waals surface area contributed by atoms with E-state index >= 15 is 0 Å². The second-order valence-corrected chi connectivity index (χ2v) is 4.70. The zero-order valence-corrected chi connectivity index (χ0v) is 11.5. The molecule has 0 bridgehead atoms. The molecule has 1 aliphatic rings. The third kappa shape index (κ3) is 4.48. The Hall–Kier alpha value is -0.770. The van der Waals surface area contributed by atoms with Crippen LogP contribution in [-0.2, 0) is 0 Å². The van der Waals surface area contributed by atoms with Gasteiger partial charge in [0.15, 0.2) is 0 Å². The number of hydrogen-bond donors (Lipinski definition) is 2. The number of halogens is 1. The van der Waals surface area contributed by atoms with Crippen molar-refractivity contribution in [3.05, 3.63) is 30.3 Å². The number of benzene rings is 1. The molecule has 0 amide bonds. The summed E-state index contributed by atoms with van der Waals surface area (Å²) >= 11 is 0. The summed E-state index contributed by atoms with van der Waals surface area (Å²) in [5.74, 6) is 0.753. The van der Waals surface area contributed by atoms with Crippen molar-refractivity contribution >= 4 is 18.1 Å². The van der Waals surface area contributed by atoms with Crippen LogP contribution in [0.5, 0.6) is 0 Å². The van der Waals surface area contributed by atoms with Gasteiger partial charge < -0.3 is 15.3 Å². The average molecular weight is 271 g/mol. The van der Waals surface area contributed by atoms with Crippen LogP contribution in [0.25, 0.3) is 0 Å². The largest absolute Gasteiger partial charge is 0.395 e. The number of nitrogens with zero attached hydrogens (tertiary/aromatic N) is 1. The number of anilines is 1. The molecule has 102 valence electrons. The highest BCUT2D eigenvalue weighted by atomic mass is 35.5. The predicted octanol–water partition coefficient (Wildman–Crippen LogP) is 1.91. The molecule has 1 fully saturated rings. The first-order chi connectivity index (χ1) is 8.40. The molecule has 0 aliphatic carbocycles. The molecule has 0 radical (unpaired) electrons. The van der Waals surface area contributed by atoms with Gasteiger partial charge in [0.1, 0.15) is 0 Å². The molecule has 0 spiro atoms. The number of hydrogen-bond acceptors (Lipinski definition) is 3. The van der Waals surface area contributed by atoms with Crippen LogP contribution in [0.3, 0.4) is 0 Å². The minimum atomic E-state index is 0. The van der Waals surface area contributed by atoms with Crippen molar-refractivity contribution in [3.63, 3.8) is 0 Å². The molecule has 1 heterocycles. The Morgan fingerprint density at radius 1 is 1.17 bits per heavy atom. The molecule has 4 heteroatoms. The van der Waals surface area contributed by atoms with Crippen LogP contribution in [0, 0.1) is 5.92 Å². The fourth-order valence-electron chi connectivity index (χ4n) is 2.46. The topological polar surface area (TPSA) is 35.5 Å². The van der Waals surface area contributed by atoms with Crippen LogP contribution in [0.15, 0.2) is 30.3 Å². The molecule has 1 aromatic rings. The molecule has 0 aromatic heterocycles. The minimum absolute atomic E-state index is 0. The Balaban J connectivity index is 0.00000162. The van der Waals surface area contributed by atoms with Gasteiger partial charge in [0.25, 0.3) is 0 Å². The Morgan fingerprint density at radius 2 is 1.83 bits per heavy atom. The van der Waals surface area contributed by atoms with Gasteiger partial charge in [-0.15, -0.1) is 12.4 Å². The van der Waals surface area contributed by atoms with E-state index in [1.807, 2.05) is 6.07 Å².